The molecule has 1 N–H and O–H groups in total. The Kier molecular flexibility index (Phi) is 4.39. The molecule has 0 aliphatic carbocycles. The van der Waals surface area contributed by atoms with Gasteiger partial charge in [0.2, 0.25) is 5.89 Å². The van der Waals surface area contributed by atoms with Gasteiger partial charge in [-0.2, -0.15) is 4.68 Å². The predicted octanol–water partition coefficient (Wildman–Crippen LogP) is 2.18. The van der Waals surface area contributed by atoms with Crippen LogP contribution in [0.3, 0.4) is 0 Å². The topological polar surface area (TPSA) is 68.3 Å². The van der Waals surface area contributed by atoms with Crippen molar-refractivity contribution in [3.8, 4) is 0 Å². The third kappa shape index (κ3) is 3.45. The molecule has 6 heteroatoms. The van der Waals surface area contributed by atoms with Gasteiger partial charge in [0.05, 0.1) is 12.6 Å². The average molecular weight is 283 g/mol. The van der Waals surface area contributed by atoms with Gasteiger partial charge in [0, 0.05) is 11.4 Å². The van der Waals surface area contributed by atoms with Crippen molar-refractivity contribution in [2.75, 3.05) is 0 Å². The molecular formula is C13H15ClN2O3. The highest BCUT2D eigenvalue weighted by atomic mass is 35.5. The maximum Gasteiger partial charge on any atom is 0.437 e. The molecule has 0 bridgehead atoms. The first-order valence-corrected chi connectivity index (χ1v) is 6.48. The van der Waals surface area contributed by atoms with Crippen LogP contribution in [-0.4, -0.2) is 14.9 Å². The molecule has 0 saturated heterocycles. The van der Waals surface area contributed by atoms with Crippen molar-refractivity contribution in [1.82, 2.24) is 9.78 Å². The lowest BCUT2D eigenvalue weighted by atomic mass is 10.1. The number of nitrogens with zero attached hydrogens (tertiary/aromatic N) is 2. The van der Waals surface area contributed by atoms with Gasteiger partial charge >= 0.3 is 5.76 Å². The Hall–Kier alpha value is -1.59. The first kappa shape index (κ1) is 13.8. The molecule has 1 heterocycles. The molecule has 1 aromatic heterocycles. The monoisotopic (exact) mass is 282 g/mol. The molecule has 0 fully saturated rings. The summed E-state index contributed by atoms with van der Waals surface area (Å²) >= 11 is 5.85. The zero-order valence-electron chi connectivity index (χ0n) is 10.5. The van der Waals surface area contributed by atoms with Gasteiger partial charge in [0.25, 0.3) is 0 Å². The Morgan fingerprint density at radius 2 is 2.32 bits per heavy atom. The molecule has 0 aliphatic heterocycles. The lowest BCUT2D eigenvalue weighted by Gasteiger charge is -2.09. The Balaban J connectivity index is 2.14. The van der Waals surface area contributed by atoms with E-state index in [0.29, 0.717) is 22.9 Å². The van der Waals surface area contributed by atoms with Gasteiger partial charge in [0.15, 0.2) is 0 Å². The summed E-state index contributed by atoms with van der Waals surface area (Å²) in [6, 6.07) is 6.87. The first-order chi connectivity index (χ1) is 9.10. The molecule has 0 amide bonds. The van der Waals surface area contributed by atoms with Crippen LogP contribution >= 0.6 is 11.6 Å². The summed E-state index contributed by atoms with van der Waals surface area (Å²) in [6.07, 6.45) is 0.600. The van der Waals surface area contributed by atoms with Crippen molar-refractivity contribution >= 4 is 11.6 Å². The number of rotatable bonds is 5. The molecule has 1 aromatic carbocycles. The Morgan fingerprint density at radius 1 is 1.53 bits per heavy atom. The second-order valence-electron chi connectivity index (χ2n) is 4.26. The van der Waals surface area contributed by atoms with Crippen LogP contribution < -0.4 is 5.76 Å². The van der Waals surface area contributed by atoms with Gasteiger partial charge in [-0.3, -0.25) is 0 Å². The van der Waals surface area contributed by atoms with Crippen LogP contribution in [0.15, 0.2) is 33.5 Å². The normalized spacial score (nSPS) is 12.6. The minimum absolute atomic E-state index is 0.0480. The fourth-order valence-electron chi connectivity index (χ4n) is 1.76. The van der Waals surface area contributed by atoms with Crippen LogP contribution in [0.5, 0.6) is 0 Å². The SMILES string of the molecule is CCCc1nn(C[C@@H](O)c2cccc(Cl)c2)c(=O)o1. The molecular weight excluding hydrogens is 268 g/mol. The number of aliphatic hydroxyl groups is 1. The second kappa shape index (κ2) is 6.04. The summed E-state index contributed by atoms with van der Waals surface area (Å²) in [5, 5.41) is 14.6. The average Bonchev–Trinajstić information content (AvgIpc) is 2.70. The number of halogens is 1. The van der Waals surface area contributed by atoms with Crippen molar-refractivity contribution in [2.45, 2.75) is 32.4 Å². The quantitative estimate of drug-likeness (QED) is 0.912. The molecule has 2 aromatic rings. The van der Waals surface area contributed by atoms with E-state index in [2.05, 4.69) is 5.10 Å². The van der Waals surface area contributed by atoms with Gasteiger partial charge in [-0.1, -0.05) is 30.7 Å². The Morgan fingerprint density at radius 3 is 3.00 bits per heavy atom. The van der Waals surface area contributed by atoms with Crippen LogP contribution in [0.25, 0.3) is 0 Å². The molecule has 0 saturated carbocycles. The number of aromatic nitrogens is 2. The van der Waals surface area contributed by atoms with Gasteiger partial charge < -0.3 is 9.52 Å². The number of aliphatic hydroxyl groups excluding tert-OH is 1. The zero-order valence-corrected chi connectivity index (χ0v) is 11.3. The van der Waals surface area contributed by atoms with Crippen LogP contribution in [0, 0.1) is 0 Å². The van der Waals surface area contributed by atoms with E-state index in [1.807, 2.05) is 6.92 Å². The second-order valence-corrected chi connectivity index (χ2v) is 4.70. The summed E-state index contributed by atoms with van der Waals surface area (Å²) in [5.41, 5.74) is 0.638. The van der Waals surface area contributed by atoms with E-state index >= 15 is 0 Å². The van der Waals surface area contributed by atoms with Crippen molar-refractivity contribution in [1.29, 1.82) is 0 Å². The summed E-state index contributed by atoms with van der Waals surface area (Å²) in [4.78, 5) is 11.5. The number of benzene rings is 1. The van der Waals surface area contributed by atoms with E-state index in [1.165, 1.54) is 0 Å². The fraction of sp³-hybridized carbons (Fsp3) is 0.385. The fourth-order valence-corrected chi connectivity index (χ4v) is 1.96. The van der Waals surface area contributed by atoms with Crippen molar-refractivity contribution in [3.63, 3.8) is 0 Å². The van der Waals surface area contributed by atoms with E-state index in [-0.39, 0.29) is 6.54 Å². The summed E-state index contributed by atoms with van der Waals surface area (Å²) in [7, 11) is 0. The smallest absolute Gasteiger partial charge is 0.392 e. The number of aryl methyl sites for hydroxylation is 1. The molecule has 102 valence electrons. The van der Waals surface area contributed by atoms with Crippen LogP contribution in [-0.2, 0) is 13.0 Å². The molecule has 5 nitrogen and oxygen atoms in total. The van der Waals surface area contributed by atoms with Crippen LogP contribution in [0.2, 0.25) is 5.02 Å². The van der Waals surface area contributed by atoms with E-state index < -0.39 is 11.9 Å². The lowest BCUT2D eigenvalue weighted by molar-refractivity contribution is 0.148. The summed E-state index contributed by atoms with van der Waals surface area (Å²) in [6.45, 7) is 2.02. The van der Waals surface area contributed by atoms with Crippen LogP contribution in [0.1, 0.15) is 30.9 Å². The third-order valence-electron chi connectivity index (χ3n) is 2.69. The van der Waals surface area contributed by atoms with E-state index in [0.717, 1.165) is 11.1 Å². The lowest BCUT2D eigenvalue weighted by Crippen LogP contribution is -2.20. The molecule has 0 aliphatic rings. The summed E-state index contributed by atoms with van der Waals surface area (Å²) in [5.74, 6) is -0.157. The molecule has 0 spiro atoms. The Bertz CT molecular complexity index is 606. The zero-order chi connectivity index (χ0) is 13.8. The maximum atomic E-state index is 11.5. The first-order valence-electron chi connectivity index (χ1n) is 6.10. The van der Waals surface area contributed by atoms with E-state index in [4.69, 9.17) is 16.0 Å². The highest BCUT2D eigenvalue weighted by molar-refractivity contribution is 6.30. The van der Waals surface area contributed by atoms with Gasteiger partial charge in [-0.25, -0.2) is 4.79 Å². The number of hydrogen-bond acceptors (Lipinski definition) is 4. The largest absolute Gasteiger partial charge is 0.437 e. The maximum absolute atomic E-state index is 11.5. The minimum atomic E-state index is -0.851. The summed E-state index contributed by atoms with van der Waals surface area (Å²) < 4.78 is 6.11. The standard InChI is InChI=1S/C13H15ClN2O3/c1-2-4-12-15-16(13(18)19-12)8-11(17)9-5-3-6-10(14)7-9/h3,5-7,11,17H,2,4,8H2,1H3/t11-/m1/s1. The van der Waals surface area contributed by atoms with Gasteiger partial charge in [0.1, 0.15) is 0 Å². The van der Waals surface area contributed by atoms with Gasteiger partial charge in [-0.15, -0.1) is 5.10 Å². The third-order valence-corrected chi connectivity index (χ3v) is 2.93. The van der Waals surface area contributed by atoms with Gasteiger partial charge in [-0.05, 0) is 24.1 Å². The number of hydrogen-bond donors (Lipinski definition) is 1. The Labute approximate surface area is 115 Å². The van der Waals surface area contributed by atoms with Crippen molar-refractivity contribution in [2.24, 2.45) is 0 Å². The van der Waals surface area contributed by atoms with E-state index in [9.17, 15) is 9.90 Å². The molecule has 1 atom stereocenters. The highest BCUT2D eigenvalue weighted by Gasteiger charge is 2.14. The highest BCUT2D eigenvalue weighted by Crippen LogP contribution is 2.18. The predicted molar refractivity (Wildman–Crippen MR) is 71.2 cm³/mol. The molecule has 0 radical (unpaired) electrons. The van der Waals surface area contributed by atoms with E-state index in [1.54, 1.807) is 24.3 Å². The molecule has 19 heavy (non-hydrogen) atoms. The molecule has 2 rings (SSSR count). The molecule has 0 unspecified atom stereocenters. The minimum Gasteiger partial charge on any atom is -0.392 e. The van der Waals surface area contributed by atoms with Crippen LogP contribution in [0.4, 0.5) is 0 Å². The van der Waals surface area contributed by atoms with Crippen molar-refractivity contribution in [3.05, 3.63) is 51.3 Å². The van der Waals surface area contributed by atoms with Crippen molar-refractivity contribution < 1.29 is 9.52 Å².